The number of benzene rings is 2. The Balaban J connectivity index is 1.73. The van der Waals surface area contributed by atoms with E-state index in [-0.39, 0.29) is 24.5 Å². The number of Topliss-reactive ketones (excluding diaryl/α,β-unsaturated/α-hetero) is 2. The number of nitrogens with one attached hydrogen (secondary N) is 2. The molecular formula is C34H42F3N5O6. The summed E-state index contributed by atoms with van der Waals surface area (Å²) in [5, 5.41) is 22.6. The molecule has 14 heteroatoms. The van der Waals surface area contributed by atoms with Crippen molar-refractivity contribution >= 4 is 29.3 Å². The topological polar surface area (TPSA) is 180 Å². The van der Waals surface area contributed by atoms with Gasteiger partial charge in [-0.25, -0.2) is 0 Å². The minimum absolute atomic E-state index is 0.0584. The van der Waals surface area contributed by atoms with Gasteiger partial charge in [0.2, 0.25) is 23.4 Å². The Morgan fingerprint density at radius 1 is 0.896 bits per heavy atom. The highest BCUT2D eigenvalue weighted by atomic mass is 19.4. The minimum atomic E-state index is -5.08. The third-order valence-corrected chi connectivity index (χ3v) is 8.39. The van der Waals surface area contributed by atoms with Crippen LogP contribution in [0.25, 0.3) is 0 Å². The molecule has 1 aliphatic rings. The highest BCUT2D eigenvalue weighted by Crippen LogP contribution is 2.38. The third kappa shape index (κ3) is 10.8. The predicted octanol–water partition coefficient (Wildman–Crippen LogP) is 4.17. The Hall–Kier alpha value is -4.46. The largest absolute Gasteiger partial charge is 0.416 e. The maximum atomic E-state index is 13.6. The van der Waals surface area contributed by atoms with Crippen LogP contribution in [0.5, 0.6) is 0 Å². The van der Waals surface area contributed by atoms with Gasteiger partial charge in [-0.05, 0) is 31.2 Å². The first-order valence-corrected chi connectivity index (χ1v) is 15.7. The van der Waals surface area contributed by atoms with Crippen molar-refractivity contribution in [3.63, 3.8) is 0 Å². The number of carbonyl (C=O) groups excluding carboxylic acids is 5. The first kappa shape index (κ1) is 38.0. The van der Waals surface area contributed by atoms with Crippen molar-refractivity contribution in [2.45, 2.75) is 89.8 Å². The second-order valence-electron chi connectivity index (χ2n) is 12.7. The summed E-state index contributed by atoms with van der Waals surface area (Å²) in [7, 11) is 0. The summed E-state index contributed by atoms with van der Waals surface area (Å²) in [6, 6.07) is 12.6. The molecule has 0 spiro atoms. The number of primary amides is 1. The van der Waals surface area contributed by atoms with Gasteiger partial charge in [0.1, 0.15) is 0 Å². The molecule has 260 valence electrons. The second-order valence-corrected chi connectivity index (χ2v) is 12.7. The van der Waals surface area contributed by atoms with E-state index in [0.717, 1.165) is 5.56 Å². The van der Waals surface area contributed by atoms with Crippen LogP contribution in [0.2, 0.25) is 0 Å². The van der Waals surface area contributed by atoms with Gasteiger partial charge in [-0.15, -0.1) is 0 Å². The number of alkyl halides is 3. The maximum absolute atomic E-state index is 13.6. The van der Waals surface area contributed by atoms with Crippen molar-refractivity contribution in [3.05, 3.63) is 71.3 Å². The molecule has 2 unspecified atom stereocenters. The number of nitrogens with two attached hydrogens (primary N) is 1. The number of hydrogen-bond donors (Lipinski definition) is 4. The lowest BCUT2D eigenvalue weighted by Crippen LogP contribution is -2.52. The van der Waals surface area contributed by atoms with Crippen LogP contribution < -0.4 is 16.4 Å². The number of halogens is 3. The van der Waals surface area contributed by atoms with Crippen LogP contribution in [-0.2, 0) is 31.3 Å². The van der Waals surface area contributed by atoms with E-state index in [9.17, 15) is 42.3 Å². The van der Waals surface area contributed by atoms with Gasteiger partial charge in [0, 0.05) is 42.2 Å². The number of rotatable bonds is 18. The number of ketones is 2. The molecule has 0 aliphatic carbocycles. The zero-order valence-electron chi connectivity index (χ0n) is 27.3. The normalized spacial score (nSPS) is 16.7. The lowest BCUT2D eigenvalue weighted by Gasteiger charge is -2.27. The molecule has 3 rings (SSSR count). The van der Waals surface area contributed by atoms with Crippen LogP contribution in [0.4, 0.5) is 13.2 Å². The SMILES string of the molecule is CC(C)[C@H](CC(=O)c1ccc(C2(C)N=N2)cc1)C(=O)N[C@@H](Cc1ccccc1)C(=O)C[C@@H](C)C(=O)NC(CCC(N)=O)C(O)C(F)(F)F. The Bertz CT molecular complexity index is 1490. The van der Waals surface area contributed by atoms with Crippen molar-refractivity contribution in [2.24, 2.45) is 33.7 Å². The molecule has 1 heterocycles. The molecule has 0 saturated heterocycles. The Morgan fingerprint density at radius 2 is 1.50 bits per heavy atom. The molecule has 3 amide bonds. The number of amides is 3. The van der Waals surface area contributed by atoms with E-state index in [2.05, 4.69) is 20.9 Å². The van der Waals surface area contributed by atoms with Crippen LogP contribution in [0.3, 0.4) is 0 Å². The molecule has 5 atom stereocenters. The molecule has 48 heavy (non-hydrogen) atoms. The zero-order chi connectivity index (χ0) is 35.8. The van der Waals surface area contributed by atoms with Gasteiger partial charge in [0.25, 0.3) is 0 Å². The summed E-state index contributed by atoms with van der Waals surface area (Å²) in [6.07, 6.45) is -9.67. The first-order valence-electron chi connectivity index (χ1n) is 15.7. The quantitative estimate of drug-likeness (QED) is 0.172. The van der Waals surface area contributed by atoms with Crippen LogP contribution in [-0.4, -0.2) is 58.8 Å². The highest BCUT2D eigenvalue weighted by molar-refractivity contribution is 5.99. The zero-order valence-corrected chi connectivity index (χ0v) is 27.3. The monoisotopic (exact) mass is 673 g/mol. The summed E-state index contributed by atoms with van der Waals surface area (Å²) >= 11 is 0. The Kier molecular flexibility index (Phi) is 12.7. The molecule has 2 aromatic carbocycles. The molecule has 1 aliphatic heterocycles. The number of hydrogen-bond acceptors (Lipinski definition) is 8. The lowest BCUT2D eigenvalue weighted by molar-refractivity contribution is -0.213. The smallest absolute Gasteiger partial charge is 0.382 e. The van der Waals surface area contributed by atoms with Crippen molar-refractivity contribution < 1.29 is 42.3 Å². The highest BCUT2D eigenvalue weighted by Gasteiger charge is 2.44. The number of carbonyl (C=O) groups is 5. The van der Waals surface area contributed by atoms with Crippen LogP contribution >= 0.6 is 0 Å². The van der Waals surface area contributed by atoms with E-state index in [1.807, 2.05) is 6.92 Å². The number of aliphatic hydroxyl groups excluding tert-OH is 1. The van der Waals surface area contributed by atoms with E-state index >= 15 is 0 Å². The molecule has 0 bridgehead atoms. The van der Waals surface area contributed by atoms with Gasteiger partial charge in [0.05, 0.1) is 12.1 Å². The molecule has 0 aromatic heterocycles. The summed E-state index contributed by atoms with van der Waals surface area (Å²) in [6.45, 7) is 6.72. The van der Waals surface area contributed by atoms with Crippen LogP contribution in [0.15, 0.2) is 64.8 Å². The molecule has 5 N–H and O–H groups in total. The molecule has 0 radical (unpaired) electrons. The fraction of sp³-hybridized carbons (Fsp3) is 0.500. The molecule has 2 aromatic rings. The van der Waals surface area contributed by atoms with E-state index < -0.39 is 84.6 Å². The van der Waals surface area contributed by atoms with Gasteiger partial charge in [-0.3, -0.25) is 24.0 Å². The summed E-state index contributed by atoms with van der Waals surface area (Å²) in [5.41, 5.74) is 6.38. The van der Waals surface area contributed by atoms with E-state index in [0.29, 0.717) is 11.1 Å². The standard InChI is InChI=1S/C34H42F3N5O6/c1-19(2)24(18-27(43)22-10-12-23(13-11-22)33(4)41-42-33)32(48)40-26(17-21-8-6-5-7-9-21)28(44)16-20(3)31(47)39-25(14-15-29(38)45)30(46)34(35,36)37/h5-13,19-20,24-26,30,46H,14-18H2,1-4H3,(H2,38,45)(H,39,47)(H,40,48)/t20-,24+,25?,26+,30?/m1/s1. The van der Waals surface area contributed by atoms with Gasteiger partial charge in [-0.2, -0.15) is 23.4 Å². The second kappa shape index (κ2) is 16.1. The molecular weight excluding hydrogens is 631 g/mol. The fourth-order valence-corrected chi connectivity index (χ4v) is 5.18. The summed E-state index contributed by atoms with van der Waals surface area (Å²) in [4.78, 5) is 64.5. The van der Waals surface area contributed by atoms with Crippen molar-refractivity contribution in [2.75, 3.05) is 0 Å². The van der Waals surface area contributed by atoms with E-state index in [1.54, 1.807) is 68.4 Å². The number of nitrogens with zero attached hydrogens (tertiary/aromatic N) is 2. The van der Waals surface area contributed by atoms with Gasteiger partial charge >= 0.3 is 6.18 Å². The van der Waals surface area contributed by atoms with Crippen LogP contribution in [0, 0.1) is 17.8 Å². The minimum Gasteiger partial charge on any atom is -0.382 e. The van der Waals surface area contributed by atoms with E-state index in [4.69, 9.17) is 5.73 Å². The third-order valence-electron chi connectivity index (χ3n) is 8.39. The number of aliphatic hydroxyl groups is 1. The predicted molar refractivity (Wildman–Crippen MR) is 169 cm³/mol. The summed E-state index contributed by atoms with van der Waals surface area (Å²) < 4.78 is 39.7. The lowest BCUT2D eigenvalue weighted by atomic mass is 9.87. The molecule has 0 saturated carbocycles. The fourth-order valence-electron chi connectivity index (χ4n) is 5.18. The van der Waals surface area contributed by atoms with Crippen molar-refractivity contribution in [1.29, 1.82) is 0 Å². The summed E-state index contributed by atoms with van der Waals surface area (Å²) in [5.74, 6) is -5.49. The van der Waals surface area contributed by atoms with Crippen molar-refractivity contribution in [3.8, 4) is 0 Å². The average molecular weight is 674 g/mol. The molecule has 11 nitrogen and oxygen atoms in total. The van der Waals surface area contributed by atoms with Crippen molar-refractivity contribution in [1.82, 2.24) is 10.6 Å². The van der Waals surface area contributed by atoms with Gasteiger partial charge in [-0.1, -0.05) is 75.4 Å². The van der Waals surface area contributed by atoms with Gasteiger partial charge in [0.15, 0.2) is 17.7 Å². The first-order chi connectivity index (χ1) is 22.4. The van der Waals surface area contributed by atoms with Gasteiger partial charge < -0.3 is 21.5 Å². The van der Waals surface area contributed by atoms with Crippen LogP contribution in [0.1, 0.15) is 74.9 Å². The molecule has 0 fully saturated rings. The maximum Gasteiger partial charge on any atom is 0.416 e. The Morgan fingerprint density at radius 3 is 2.02 bits per heavy atom. The average Bonchev–Trinajstić information content (AvgIpc) is 3.78. The Labute approximate surface area is 276 Å². The van der Waals surface area contributed by atoms with E-state index in [1.165, 1.54) is 6.92 Å².